The van der Waals surface area contributed by atoms with Crippen molar-refractivity contribution in [2.24, 2.45) is 0 Å². The van der Waals surface area contributed by atoms with Crippen molar-refractivity contribution in [3.63, 3.8) is 0 Å². The average molecular weight is 515 g/mol. The standard InChI is InChI=1S/C30H30N2O4S/c1-3-19-36-29-21-25(22-14-16-26(35-2)17-15-22)20-27(23-9-5-4-6-10-23)32(29)37(33,34)28-13-7-11-24-12-8-18-31-30(24)28/h4-18,20,25,29H,3,19,21H2,1-2H3/t25-,29-/m1/s1. The molecule has 0 aliphatic carbocycles. The lowest BCUT2D eigenvalue weighted by atomic mass is 9.90. The molecule has 2 heterocycles. The minimum atomic E-state index is -4.02. The predicted octanol–water partition coefficient (Wildman–Crippen LogP) is 6.22. The maximum absolute atomic E-state index is 14.4. The Labute approximate surface area is 218 Å². The van der Waals surface area contributed by atoms with Gasteiger partial charge in [0.2, 0.25) is 0 Å². The molecule has 0 bridgehead atoms. The van der Waals surface area contributed by atoms with Gasteiger partial charge in [-0.05, 0) is 41.8 Å². The van der Waals surface area contributed by atoms with Crippen LogP contribution < -0.4 is 4.74 Å². The molecule has 0 N–H and O–H groups in total. The van der Waals surface area contributed by atoms with Gasteiger partial charge in [0.1, 0.15) is 16.9 Å². The number of hydrogen-bond donors (Lipinski definition) is 0. The van der Waals surface area contributed by atoms with Gasteiger partial charge in [0.25, 0.3) is 10.0 Å². The van der Waals surface area contributed by atoms with Crippen LogP contribution in [0.15, 0.2) is 102 Å². The number of allylic oxidation sites excluding steroid dienone is 1. The smallest absolute Gasteiger partial charge is 0.268 e. The van der Waals surface area contributed by atoms with E-state index in [4.69, 9.17) is 9.47 Å². The van der Waals surface area contributed by atoms with E-state index in [-0.39, 0.29) is 10.8 Å². The lowest BCUT2D eigenvalue weighted by Gasteiger charge is -2.40. The summed E-state index contributed by atoms with van der Waals surface area (Å²) in [5.41, 5.74) is 2.93. The molecule has 3 aromatic carbocycles. The number of para-hydroxylation sites is 1. The summed E-state index contributed by atoms with van der Waals surface area (Å²) in [5.74, 6) is 0.735. The number of fused-ring (bicyclic) bond motifs is 1. The van der Waals surface area contributed by atoms with Crippen molar-refractivity contribution >= 4 is 26.6 Å². The fraction of sp³-hybridized carbons (Fsp3) is 0.233. The van der Waals surface area contributed by atoms with Crippen molar-refractivity contribution in [3.05, 3.63) is 108 Å². The lowest BCUT2D eigenvalue weighted by Crippen LogP contribution is -2.44. The molecule has 190 valence electrons. The highest BCUT2D eigenvalue weighted by Gasteiger charge is 2.40. The number of sulfonamides is 1. The zero-order chi connectivity index (χ0) is 25.8. The van der Waals surface area contributed by atoms with Gasteiger partial charge in [0, 0.05) is 30.5 Å². The molecule has 1 aliphatic rings. The first kappa shape index (κ1) is 25.0. The first-order valence-corrected chi connectivity index (χ1v) is 13.9. The van der Waals surface area contributed by atoms with E-state index in [0.29, 0.717) is 24.2 Å². The Hall–Kier alpha value is -3.68. The Morgan fingerprint density at radius 2 is 1.70 bits per heavy atom. The van der Waals surface area contributed by atoms with Gasteiger partial charge in [-0.1, -0.05) is 73.7 Å². The molecule has 0 amide bonds. The Morgan fingerprint density at radius 3 is 2.43 bits per heavy atom. The second kappa shape index (κ2) is 10.7. The van der Waals surface area contributed by atoms with Gasteiger partial charge in [-0.3, -0.25) is 4.98 Å². The highest BCUT2D eigenvalue weighted by Crippen LogP contribution is 2.42. The first-order chi connectivity index (χ1) is 18.0. The number of hydrogen-bond acceptors (Lipinski definition) is 5. The average Bonchev–Trinajstić information content (AvgIpc) is 2.95. The number of aromatic nitrogens is 1. The van der Waals surface area contributed by atoms with E-state index < -0.39 is 16.3 Å². The SMILES string of the molecule is CCCO[C@@H]1C[C@H](c2ccc(OC)cc2)C=C(c2ccccc2)N1S(=O)(=O)c1cccc2cccnc12. The van der Waals surface area contributed by atoms with Crippen molar-refractivity contribution in [2.45, 2.75) is 36.8 Å². The number of rotatable bonds is 8. The molecular formula is C30H30N2O4S. The normalized spacial score (nSPS) is 18.0. The van der Waals surface area contributed by atoms with Crippen LogP contribution in [0, 0.1) is 0 Å². The molecule has 0 fully saturated rings. The number of methoxy groups -OCH3 is 1. The topological polar surface area (TPSA) is 68.7 Å². The minimum Gasteiger partial charge on any atom is -0.497 e. The van der Waals surface area contributed by atoms with Crippen LogP contribution in [-0.4, -0.2) is 37.7 Å². The van der Waals surface area contributed by atoms with Crippen LogP contribution in [0.5, 0.6) is 5.75 Å². The molecule has 0 saturated carbocycles. The summed E-state index contributed by atoms with van der Waals surface area (Å²) < 4.78 is 41.9. The van der Waals surface area contributed by atoms with Gasteiger partial charge < -0.3 is 9.47 Å². The number of ether oxygens (including phenoxy) is 2. The van der Waals surface area contributed by atoms with Crippen LogP contribution in [0.1, 0.15) is 36.8 Å². The number of benzene rings is 3. The fourth-order valence-corrected chi connectivity index (χ4v) is 6.54. The van der Waals surface area contributed by atoms with Crippen LogP contribution in [0.3, 0.4) is 0 Å². The molecule has 2 atom stereocenters. The summed E-state index contributed by atoms with van der Waals surface area (Å²) in [4.78, 5) is 4.60. The number of pyridine rings is 1. The van der Waals surface area contributed by atoms with Crippen molar-refractivity contribution in [1.29, 1.82) is 0 Å². The summed E-state index contributed by atoms with van der Waals surface area (Å²) >= 11 is 0. The zero-order valence-corrected chi connectivity index (χ0v) is 21.8. The van der Waals surface area contributed by atoms with E-state index in [1.807, 2.05) is 85.8 Å². The quantitative estimate of drug-likeness (QED) is 0.279. The highest BCUT2D eigenvalue weighted by molar-refractivity contribution is 7.89. The lowest BCUT2D eigenvalue weighted by molar-refractivity contribution is -0.00964. The summed E-state index contributed by atoms with van der Waals surface area (Å²) in [6, 6.07) is 26.5. The van der Waals surface area contributed by atoms with Gasteiger partial charge in [-0.25, -0.2) is 12.7 Å². The first-order valence-electron chi connectivity index (χ1n) is 12.4. The van der Waals surface area contributed by atoms with E-state index in [2.05, 4.69) is 4.98 Å². The molecule has 1 aliphatic heterocycles. The molecule has 4 aromatic rings. The van der Waals surface area contributed by atoms with Crippen molar-refractivity contribution in [1.82, 2.24) is 9.29 Å². The van der Waals surface area contributed by atoms with Gasteiger partial charge in [-0.2, -0.15) is 0 Å². The molecule has 5 rings (SSSR count). The third-order valence-electron chi connectivity index (χ3n) is 6.57. The molecule has 37 heavy (non-hydrogen) atoms. The molecule has 1 aromatic heterocycles. The minimum absolute atomic E-state index is 0.0416. The Balaban J connectivity index is 1.69. The van der Waals surface area contributed by atoms with Gasteiger partial charge in [0.05, 0.1) is 18.3 Å². The molecule has 0 unspecified atom stereocenters. The molecule has 0 spiro atoms. The predicted molar refractivity (Wildman–Crippen MR) is 146 cm³/mol. The summed E-state index contributed by atoms with van der Waals surface area (Å²) in [7, 11) is -2.38. The Kier molecular flexibility index (Phi) is 7.26. The van der Waals surface area contributed by atoms with Crippen LogP contribution in [-0.2, 0) is 14.8 Å². The Morgan fingerprint density at radius 1 is 0.946 bits per heavy atom. The van der Waals surface area contributed by atoms with Crippen molar-refractivity contribution in [2.75, 3.05) is 13.7 Å². The number of nitrogens with zero attached hydrogens (tertiary/aromatic N) is 2. The van der Waals surface area contributed by atoms with E-state index in [1.54, 1.807) is 25.4 Å². The van der Waals surface area contributed by atoms with Crippen LogP contribution >= 0.6 is 0 Å². The van der Waals surface area contributed by atoms with Gasteiger partial charge >= 0.3 is 0 Å². The largest absolute Gasteiger partial charge is 0.497 e. The summed E-state index contributed by atoms with van der Waals surface area (Å²) in [5, 5.41) is 0.771. The Bertz CT molecular complexity index is 1500. The third-order valence-corrected chi connectivity index (χ3v) is 8.41. The van der Waals surface area contributed by atoms with Crippen LogP contribution in [0.2, 0.25) is 0 Å². The van der Waals surface area contributed by atoms with E-state index >= 15 is 0 Å². The second-order valence-electron chi connectivity index (χ2n) is 8.99. The van der Waals surface area contributed by atoms with Gasteiger partial charge in [-0.15, -0.1) is 0 Å². The van der Waals surface area contributed by atoms with Gasteiger partial charge in [0.15, 0.2) is 0 Å². The summed E-state index contributed by atoms with van der Waals surface area (Å²) in [6.07, 6.45) is 4.24. The van der Waals surface area contributed by atoms with E-state index in [1.165, 1.54) is 4.31 Å². The van der Waals surface area contributed by atoms with Crippen LogP contribution in [0.25, 0.3) is 16.6 Å². The molecule has 0 radical (unpaired) electrons. The van der Waals surface area contributed by atoms with Crippen molar-refractivity contribution < 1.29 is 17.9 Å². The molecule has 6 nitrogen and oxygen atoms in total. The molecule has 7 heteroatoms. The fourth-order valence-electron chi connectivity index (χ4n) is 4.78. The van der Waals surface area contributed by atoms with E-state index in [0.717, 1.165) is 28.7 Å². The van der Waals surface area contributed by atoms with Crippen molar-refractivity contribution in [3.8, 4) is 5.75 Å². The van der Waals surface area contributed by atoms with Crippen LogP contribution in [0.4, 0.5) is 0 Å². The maximum Gasteiger partial charge on any atom is 0.268 e. The molecule has 0 saturated heterocycles. The third kappa shape index (κ3) is 4.97. The highest BCUT2D eigenvalue weighted by atomic mass is 32.2. The summed E-state index contributed by atoms with van der Waals surface area (Å²) in [6.45, 7) is 2.47. The monoisotopic (exact) mass is 514 g/mol. The molecular weight excluding hydrogens is 484 g/mol. The second-order valence-corrected chi connectivity index (χ2v) is 10.8. The van der Waals surface area contributed by atoms with E-state index in [9.17, 15) is 8.42 Å². The maximum atomic E-state index is 14.4. The zero-order valence-electron chi connectivity index (χ0n) is 20.9.